The normalized spacial score (nSPS) is 12.0. The summed E-state index contributed by atoms with van der Waals surface area (Å²) in [6.07, 6.45) is -2.59. The van der Waals surface area contributed by atoms with E-state index in [2.05, 4.69) is 10.1 Å². The molecule has 0 bridgehead atoms. The number of benzene rings is 2. The lowest BCUT2D eigenvalue weighted by molar-refractivity contribution is -0.137. The van der Waals surface area contributed by atoms with E-state index in [-0.39, 0.29) is 6.54 Å². The van der Waals surface area contributed by atoms with Gasteiger partial charge in [-0.1, -0.05) is 24.3 Å². The topological polar surface area (TPSA) is 30.7 Å². The standard InChI is InChI=1S/C18H12F3N3S/c19-18(20,21)13-5-3-4-12(10-13)11-24-9-8-15(23-24)17-22-14-6-1-2-7-16(14)25-17/h1-10H,11H2. The van der Waals surface area contributed by atoms with Crippen LogP contribution < -0.4 is 0 Å². The molecule has 25 heavy (non-hydrogen) atoms. The fourth-order valence-electron chi connectivity index (χ4n) is 2.58. The third kappa shape index (κ3) is 3.28. The Hall–Kier alpha value is -2.67. The zero-order valence-corrected chi connectivity index (χ0v) is 13.7. The summed E-state index contributed by atoms with van der Waals surface area (Å²) in [5.41, 5.74) is 1.53. The number of fused-ring (bicyclic) bond motifs is 1. The zero-order chi connectivity index (χ0) is 17.4. The van der Waals surface area contributed by atoms with Crippen LogP contribution in [0, 0.1) is 0 Å². The van der Waals surface area contributed by atoms with Crippen LogP contribution in [0.15, 0.2) is 60.8 Å². The van der Waals surface area contributed by atoms with Gasteiger partial charge in [0.1, 0.15) is 10.7 Å². The Morgan fingerprint density at radius 3 is 2.64 bits per heavy atom. The highest BCUT2D eigenvalue weighted by Crippen LogP contribution is 2.30. The van der Waals surface area contributed by atoms with Crippen molar-refractivity contribution in [3.63, 3.8) is 0 Å². The minimum Gasteiger partial charge on any atom is -0.268 e. The lowest BCUT2D eigenvalue weighted by Crippen LogP contribution is -2.07. The van der Waals surface area contributed by atoms with Crippen molar-refractivity contribution in [2.45, 2.75) is 12.7 Å². The van der Waals surface area contributed by atoms with Gasteiger partial charge < -0.3 is 0 Å². The maximum absolute atomic E-state index is 12.8. The summed E-state index contributed by atoms with van der Waals surface area (Å²) >= 11 is 1.54. The van der Waals surface area contributed by atoms with Gasteiger partial charge in [-0.3, -0.25) is 4.68 Å². The molecule has 0 unspecified atom stereocenters. The molecule has 2 heterocycles. The second kappa shape index (κ2) is 6.00. The maximum atomic E-state index is 12.8. The molecule has 0 aliphatic rings. The van der Waals surface area contributed by atoms with Gasteiger partial charge in [-0.2, -0.15) is 18.3 Å². The van der Waals surface area contributed by atoms with Gasteiger partial charge >= 0.3 is 6.18 Å². The van der Waals surface area contributed by atoms with Crippen LogP contribution in [0.3, 0.4) is 0 Å². The van der Waals surface area contributed by atoms with Gasteiger partial charge in [-0.05, 0) is 35.9 Å². The lowest BCUT2D eigenvalue weighted by Gasteiger charge is -2.08. The molecule has 0 amide bonds. The molecule has 0 saturated heterocycles. The van der Waals surface area contributed by atoms with Crippen LogP contribution in [-0.2, 0) is 12.7 Å². The monoisotopic (exact) mass is 359 g/mol. The molecule has 2 aromatic carbocycles. The number of hydrogen-bond donors (Lipinski definition) is 0. The van der Waals surface area contributed by atoms with Gasteiger partial charge in [-0.15, -0.1) is 11.3 Å². The summed E-state index contributed by atoms with van der Waals surface area (Å²) < 4.78 is 41.1. The summed E-state index contributed by atoms with van der Waals surface area (Å²) in [5, 5.41) is 5.24. The van der Waals surface area contributed by atoms with E-state index < -0.39 is 11.7 Å². The molecular formula is C18H12F3N3S. The van der Waals surface area contributed by atoms with Gasteiger partial charge in [0.25, 0.3) is 0 Å². The van der Waals surface area contributed by atoms with Gasteiger partial charge in [-0.25, -0.2) is 4.98 Å². The van der Waals surface area contributed by atoms with E-state index in [9.17, 15) is 13.2 Å². The number of rotatable bonds is 3. The number of nitrogens with zero attached hydrogens (tertiary/aromatic N) is 3. The fraction of sp³-hybridized carbons (Fsp3) is 0.111. The highest BCUT2D eigenvalue weighted by molar-refractivity contribution is 7.21. The molecule has 2 aromatic heterocycles. The van der Waals surface area contributed by atoms with Crippen LogP contribution >= 0.6 is 11.3 Å². The Bertz CT molecular complexity index is 1000. The Labute approximate surface area is 145 Å². The third-order valence-electron chi connectivity index (χ3n) is 3.75. The number of para-hydroxylation sites is 1. The minimum absolute atomic E-state index is 0.273. The average Bonchev–Trinajstić information content (AvgIpc) is 3.20. The maximum Gasteiger partial charge on any atom is 0.416 e. The predicted octanol–water partition coefficient (Wildman–Crippen LogP) is 5.23. The Kier molecular flexibility index (Phi) is 3.80. The average molecular weight is 359 g/mol. The van der Waals surface area contributed by atoms with Crippen LogP contribution in [0.2, 0.25) is 0 Å². The van der Waals surface area contributed by atoms with Crippen LogP contribution in [-0.4, -0.2) is 14.8 Å². The molecule has 0 saturated carbocycles. The van der Waals surface area contributed by atoms with Gasteiger partial charge in [0.2, 0.25) is 0 Å². The molecule has 4 aromatic rings. The number of alkyl halides is 3. The minimum atomic E-state index is -4.34. The van der Waals surface area contributed by atoms with Crippen molar-refractivity contribution in [3.8, 4) is 10.7 Å². The van der Waals surface area contributed by atoms with Crippen molar-refractivity contribution < 1.29 is 13.2 Å². The Morgan fingerprint density at radius 1 is 1.00 bits per heavy atom. The summed E-state index contributed by atoms with van der Waals surface area (Å²) in [6.45, 7) is 0.273. The molecule has 0 atom stereocenters. The first-order valence-corrected chi connectivity index (χ1v) is 8.36. The summed E-state index contributed by atoms with van der Waals surface area (Å²) in [6, 6.07) is 14.9. The molecule has 0 N–H and O–H groups in total. The predicted molar refractivity (Wildman–Crippen MR) is 91.4 cm³/mol. The largest absolute Gasteiger partial charge is 0.416 e. The fourth-order valence-corrected chi connectivity index (χ4v) is 3.51. The van der Waals surface area contributed by atoms with Crippen LogP contribution in [0.25, 0.3) is 20.9 Å². The molecule has 3 nitrogen and oxygen atoms in total. The second-order valence-electron chi connectivity index (χ2n) is 5.58. The molecule has 0 radical (unpaired) electrons. The van der Waals surface area contributed by atoms with E-state index in [1.165, 1.54) is 6.07 Å². The van der Waals surface area contributed by atoms with Crippen molar-refractivity contribution in [3.05, 3.63) is 71.9 Å². The van der Waals surface area contributed by atoms with Crippen molar-refractivity contribution in [1.82, 2.24) is 14.8 Å². The first-order valence-electron chi connectivity index (χ1n) is 7.54. The van der Waals surface area contributed by atoms with E-state index in [1.807, 2.05) is 30.3 Å². The summed E-state index contributed by atoms with van der Waals surface area (Å²) in [5.74, 6) is 0. The van der Waals surface area contributed by atoms with E-state index in [4.69, 9.17) is 0 Å². The SMILES string of the molecule is FC(F)(F)c1cccc(Cn2ccc(-c3nc4ccccc4s3)n2)c1. The molecule has 0 spiro atoms. The van der Waals surface area contributed by atoms with Crippen molar-refractivity contribution in [1.29, 1.82) is 0 Å². The molecule has 7 heteroatoms. The molecule has 0 fully saturated rings. The van der Waals surface area contributed by atoms with E-state index in [0.717, 1.165) is 27.4 Å². The third-order valence-corrected chi connectivity index (χ3v) is 4.81. The highest BCUT2D eigenvalue weighted by atomic mass is 32.1. The lowest BCUT2D eigenvalue weighted by atomic mass is 10.1. The summed E-state index contributed by atoms with van der Waals surface area (Å²) in [7, 11) is 0. The van der Waals surface area contributed by atoms with E-state index in [0.29, 0.717) is 11.3 Å². The first-order chi connectivity index (χ1) is 12.0. The smallest absolute Gasteiger partial charge is 0.268 e. The van der Waals surface area contributed by atoms with Gasteiger partial charge in [0.15, 0.2) is 0 Å². The summed E-state index contributed by atoms with van der Waals surface area (Å²) in [4.78, 5) is 4.54. The van der Waals surface area contributed by atoms with Crippen LogP contribution in [0.1, 0.15) is 11.1 Å². The number of aromatic nitrogens is 3. The first kappa shape index (κ1) is 15.8. The molecular weight excluding hydrogens is 347 g/mol. The Balaban J connectivity index is 1.59. The van der Waals surface area contributed by atoms with Gasteiger partial charge in [0.05, 0.1) is 22.3 Å². The van der Waals surface area contributed by atoms with Gasteiger partial charge in [0, 0.05) is 6.20 Å². The van der Waals surface area contributed by atoms with Crippen LogP contribution in [0.5, 0.6) is 0 Å². The van der Waals surface area contributed by atoms with Crippen molar-refractivity contribution in [2.75, 3.05) is 0 Å². The van der Waals surface area contributed by atoms with Crippen LogP contribution in [0.4, 0.5) is 13.2 Å². The zero-order valence-electron chi connectivity index (χ0n) is 12.9. The number of halogens is 3. The molecule has 4 rings (SSSR count). The quantitative estimate of drug-likeness (QED) is 0.502. The Morgan fingerprint density at radius 2 is 1.84 bits per heavy atom. The second-order valence-corrected chi connectivity index (χ2v) is 6.61. The molecule has 0 aliphatic heterocycles. The highest BCUT2D eigenvalue weighted by Gasteiger charge is 2.30. The number of thiazole rings is 1. The van der Waals surface area contributed by atoms with Crippen molar-refractivity contribution >= 4 is 21.6 Å². The number of hydrogen-bond acceptors (Lipinski definition) is 3. The van der Waals surface area contributed by atoms with E-state index in [1.54, 1.807) is 28.3 Å². The van der Waals surface area contributed by atoms with E-state index >= 15 is 0 Å². The molecule has 126 valence electrons. The van der Waals surface area contributed by atoms with Crippen molar-refractivity contribution in [2.24, 2.45) is 0 Å². The molecule has 0 aliphatic carbocycles.